The molecule has 0 amide bonds. The second kappa shape index (κ2) is 7.22. The van der Waals surface area contributed by atoms with Crippen LogP contribution in [0.1, 0.15) is 36.8 Å². The quantitative estimate of drug-likeness (QED) is 0.804. The molecule has 5 nitrogen and oxygen atoms in total. The van der Waals surface area contributed by atoms with Gasteiger partial charge in [0.25, 0.3) is 0 Å². The summed E-state index contributed by atoms with van der Waals surface area (Å²) in [6, 6.07) is 5.60. The molecule has 0 bridgehead atoms. The summed E-state index contributed by atoms with van der Waals surface area (Å²) in [6.07, 6.45) is 4.05. The van der Waals surface area contributed by atoms with E-state index < -0.39 is 0 Å². The smallest absolute Gasteiger partial charge is 0.339 e. The molecule has 0 fully saturated rings. The summed E-state index contributed by atoms with van der Waals surface area (Å²) in [5.74, 6) is 0.0210. The number of carbonyl (C=O) groups excluding carboxylic acids is 1. The third kappa shape index (κ3) is 3.74. The molecule has 2 rings (SSSR count). The van der Waals surface area contributed by atoms with Crippen LogP contribution in [0.25, 0.3) is 11.3 Å². The van der Waals surface area contributed by atoms with E-state index in [9.17, 15) is 4.79 Å². The molecule has 0 aliphatic rings. The number of ether oxygens (including phenoxy) is 1. The summed E-state index contributed by atoms with van der Waals surface area (Å²) in [5, 5.41) is 0. The van der Waals surface area contributed by atoms with Gasteiger partial charge in [-0.2, -0.15) is 0 Å². The zero-order chi connectivity index (χ0) is 16.1. The van der Waals surface area contributed by atoms with Crippen molar-refractivity contribution < 1.29 is 9.53 Å². The first-order valence-electron chi connectivity index (χ1n) is 7.57. The van der Waals surface area contributed by atoms with Gasteiger partial charge in [-0.05, 0) is 31.0 Å². The van der Waals surface area contributed by atoms with Crippen LogP contribution in [0.3, 0.4) is 0 Å². The first kappa shape index (κ1) is 16.2. The fourth-order valence-corrected chi connectivity index (χ4v) is 2.21. The van der Waals surface area contributed by atoms with Crippen LogP contribution < -0.4 is 5.73 Å². The van der Waals surface area contributed by atoms with Gasteiger partial charge in [-0.25, -0.2) is 4.79 Å². The third-order valence-corrected chi connectivity index (χ3v) is 3.68. The summed E-state index contributed by atoms with van der Waals surface area (Å²) in [7, 11) is 0. The van der Waals surface area contributed by atoms with Gasteiger partial charge in [0, 0.05) is 41.8 Å². The lowest BCUT2D eigenvalue weighted by Crippen LogP contribution is -2.29. The summed E-state index contributed by atoms with van der Waals surface area (Å²) in [5.41, 5.74) is 9.39. The molecule has 0 spiro atoms. The number of pyridine rings is 1. The minimum absolute atomic E-state index is 0.0166. The molecule has 2 heterocycles. The van der Waals surface area contributed by atoms with Crippen molar-refractivity contribution in [3.8, 4) is 11.3 Å². The number of carbonyl (C=O) groups is 1. The molecule has 22 heavy (non-hydrogen) atoms. The number of hydrogen-bond donors (Lipinski definition) is 2. The maximum atomic E-state index is 12.2. The van der Waals surface area contributed by atoms with Crippen LogP contribution in [0.4, 0.5) is 0 Å². The van der Waals surface area contributed by atoms with Crippen molar-refractivity contribution in [1.29, 1.82) is 0 Å². The fourth-order valence-electron chi connectivity index (χ4n) is 2.21. The van der Waals surface area contributed by atoms with E-state index in [0.29, 0.717) is 24.5 Å². The Balaban J connectivity index is 2.37. The Labute approximate surface area is 130 Å². The maximum absolute atomic E-state index is 12.2. The highest BCUT2D eigenvalue weighted by Gasteiger charge is 2.20. The van der Waals surface area contributed by atoms with E-state index in [4.69, 9.17) is 10.5 Å². The number of rotatable bonds is 6. The molecule has 2 aromatic heterocycles. The van der Waals surface area contributed by atoms with E-state index in [2.05, 4.69) is 23.8 Å². The van der Waals surface area contributed by atoms with Crippen LogP contribution in [0.5, 0.6) is 0 Å². The van der Waals surface area contributed by atoms with Crippen LogP contribution in [-0.2, 0) is 11.2 Å². The van der Waals surface area contributed by atoms with Crippen LogP contribution in [0.2, 0.25) is 0 Å². The number of nitrogens with zero attached hydrogens (tertiary/aromatic N) is 1. The normalized spacial score (nSPS) is 12.4. The van der Waals surface area contributed by atoms with Crippen molar-refractivity contribution >= 4 is 5.97 Å². The van der Waals surface area contributed by atoms with Gasteiger partial charge in [-0.3, -0.25) is 4.98 Å². The van der Waals surface area contributed by atoms with Gasteiger partial charge < -0.3 is 15.5 Å². The molecule has 0 aliphatic carbocycles. The molecule has 0 saturated heterocycles. The molecular formula is C17H23N3O2. The van der Waals surface area contributed by atoms with Crippen LogP contribution in [0, 0.1) is 5.92 Å². The topological polar surface area (TPSA) is 81.0 Å². The number of H-pyrrole nitrogens is 1. The summed E-state index contributed by atoms with van der Waals surface area (Å²) in [4.78, 5) is 19.5. The molecule has 118 valence electrons. The maximum Gasteiger partial charge on any atom is 0.339 e. The SMILES string of the molecule is CCOC(=O)c1cc(-c2ccncc2)[nH]c1C[C@H](N)C(C)C. The average molecular weight is 301 g/mol. The fraction of sp³-hybridized carbons (Fsp3) is 0.412. The zero-order valence-electron chi connectivity index (χ0n) is 13.3. The van der Waals surface area contributed by atoms with Gasteiger partial charge in [-0.15, -0.1) is 0 Å². The van der Waals surface area contributed by atoms with Crippen LogP contribution in [0.15, 0.2) is 30.6 Å². The van der Waals surface area contributed by atoms with Crippen molar-refractivity contribution in [2.45, 2.75) is 33.2 Å². The molecular weight excluding hydrogens is 278 g/mol. The molecule has 1 atom stereocenters. The average Bonchev–Trinajstić information content (AvgIpc) is 2.92. The molecule has 5 heteroatoms. The Hall–Kier alpha value is -2.14. The summed E-state index contributed by atoms with van der Waals surface area (Å²) >= 11 is 0. The number of nitrogens with one attached hydrogen (secondary N) is 1. The second-order valence-electron chi connectivity index (χ2n) is 5.64. The number of aromatic nitrogens is 2. The predicted octanol–water partition coefficient (Wildman–Crippen LogP) is 2.78. The summed E-state index contributed by atoms with van der Waals surface area (Å²) < 4.78 is 5.15. The lowest BCUT2D eigenvalue weighted by atomic mass is 9.99. The van der Waals surface area contributed by atoms with Crippen molar-refractivity contribution in [2.75, 3.05) is 6.61 Å². The molecule has 3 N–H and O–H groups in total. The van der Waals surface area contributed by atoms with Crippen molar-refractivity contribution in [2.24, 2.45) is 11.7 Å². The van der Waals surface area contributed by atoms with E-state index in [1.807, 2.05) is 18.2 Å². The minimum atomic E-state index is -0.315. The van der Waals surface area contributed by atoms with E-state index in [-0.39, 0.29) is 12.0 Å². The predicted molar refractivity (Wildman–Crippen MR) is 86.5 cm³/mol. The third-order valence-electron chi connectivity index (χ3n) is 3.68. The van der Waals surface area contributed by atoms with Gasteiger partial charge in [0.1, 0.15) is 0 Å². The van der Waals surface area contributed by atoms with E-state index in [1.165, 1.54) is 0 Å². The van der Waals surface area contributed by atoms with Gasteiger partial charge in [0.15, 0.2) is 0 Å². The number of aromatic amines is 1. The number of hydrogen-bond acceptors (Lipinski definition) is 4. The van der Waals surface area contributed by atoms with Gasteiger partial charge in [0.2, 0.25) is 0 Å². The molecule has 0 aromatic carbocycles. The van der Waals surface area contributed by atoms with Crippen LogP contribution >= 0.6 is 0 Å². The minimum Gasteiger partial charge on any atom is -0.462 e. The number of esters is 1. The first-order chi connectivity index (χ1) is 10.5. The van der Waals surface area contributed by atoms with Gasteiger partial charge >= 0.3 is 5.97 Å². The zero-order valence-corrected chi connectivity index (χ0v) is 13.3. The van der Waals surface area contributed by atoms with Crippen LogP contribution in [-0.4, -0.2) is 28.6 Å². The summed E-state index contributed by atoms with van der Waals surface area (Å²) in [6.45, 7) is 6.29. The van der Waals surface area contributed by atoms with Crippen molar-refractivity contribution in [3.05, 3.63) is 41.9 Å². The Morgan fingerprint density at radius 1 is 1.36 bits per heavy atom. The lowest BCUT2D eigenvalue weighted by molar-refractivity contribution is 0.0525. The Morgan fingerprint density at radius 2 is 2.05 bits per heavy atom. The Kier molecular flexibility index (Phi) is 5.33. The molecule has 0 aliphatic heterocycles. The van der Waals surface area contributed by atoms with E-state index in [1.54, 1.807) is 19.3 Å². The van der Waals surface area contributed by atoms with E-state index in [0.717, 1.165) is 17.0 Å². The molecule has 2 aromatic rings. The molecule has 0 unspecified atom stereocenters. The first-order valence-corrected chi connectivity index (χ1v) is 7.57. The monoisotopic (exact) mass is 301 g/mol. The van der Waals surface area contributed by atoms with Gasteiger partial charge in [0.05, 0.1) is 12.2 Å². The standard InChI is InChI=1S/C17H23N3O2/c1-4-22-17(21)13-9-15(12-5-7-19-8-6-12)20-16(13)10-14(18)11(2)3/h5-9,11,14,20H,4,10,18H2,1-3H3/t14-/m0/s1. The highest BCUT2D eigenvalue weighted by Crippen LogP contribution is 2.23. The molecule has 0 saturated carbocycles. The Morgan fingerprint density at radius 3 is 2.64 bits per heavy atom. The largest absolute Gasteiger partial charge is 0.462 e. The Bertz CT molecular complexity index is 620. The van der Waals surface area contributed by atoms with Crippen molar-refractivity contribution in [3.63, 3.8) is 0 Å². The van der Waals surface area contributed by atoms with E-state index >= 15 is 0 Å². The van der Waals surface area contributed by atoms with Gasteiger partial charge in [-0.1, -0.05) is 13.8 Å². The highest BCUT2D eigenvalue weighted by molar-refractivity contribution is 5.92. The highest BCUT2D eigenvalue weighted by atomic mass is 16.5. The second-order valence-corrected chi connectivity index (χ2v) is 5.64. The number of nitrogens with two attached hydrogens (primary N) is 1. The lowest BCUT2D eigenvalue weighted by Gasteiger charge is -2.15. The van der Waals surface area contributed by atoms with Crippen molar-refractivity contribution in [1.82, 2.24) is 9.97 Å². The molecule has 0 radical (unpaired) electrons.